The fourth-order valence-electron chi connectivity index (χ4n) is 2.09. The maximum absolute atomic E-state index is 5.84. The van der Waals surface area contributed by atoms with E-state index in [0.717, 1.165) is 36.3 Å². The highest BCUT2D eigenvalue weighted by atomic mass is 16.5. The Morgan fingerprint density at radius 3 is 2.40 bits per heavy atom. The molecule has 0 radical (unpaired) electrons. The molecule has 0 spiro atoms. The van der Waals surface area contributed by atoms with Crippen LogP contribution in [0.2, 0.25) is 0 Å². The first-order chi connectivity index (χ1) is 9.75. The molecule has 3 heteroatoms. The van der Waals surface area contributed by atoms with Gasteiger partial charge in [-0.3, -0.25) is 0 Å². The number of rotatable bonds is 6. The van der Waals surface area contributed by atoms with E-state index in [1.807, 2.05) is 18.2 Å². The molecule has 0 unspecified atom stereocenters. The maximum atomic E-state index is 5.84. The number of nitrogens with two attached hydrogens (primary N) is 1. The van der Waals surface area contributed by atoms with Gasteiger partial charge in [-0.2, -0.15) is 0 Å². The van der Waals surface area contributed by atoms with E-state index >= 15 is 0 Å². The molecular formula is C17H22N2O. The van der Waals surface area contributed by atoms with Crippen molar-refractivity contribution in [2.45, 2.75) is 39.7 Å². The quantitative estimate of drug-likeness (QED) is 0.867. The van der Waals surface area contributed by atoms with Crippen molar-refractivity contribution in [1.82, 2.24) is 4.98 Å². The lowest BCUT2D eigenvalue weighted by atomic mass is 10.1. The number of hydrogen-bond acceptors (Lipinski definition) is 3. The van der Waals surface area contributed by atoms with Crippen molar-refractivity contribution in [2.24, 2.45) is 5.73 Å². The van der Waals surface area contributed by atoms with Crippen LogP contribution < -0.4 is 10.5 Å². The summed E-state index contributed by atoms with van der Waals surface area (Å²) in [4.78, 5) is 4.53. The molecule has 0 fully saturated rings. The summed E-state index contributed by atoms with van der Waals surface area (Å²) in [5.74, 6) is 1.44. The Morgan fingerprint density at radius 1 is 1.05 bits per heavy atom. The molecule has 2 N–H and O–H groups in total. The molecule has 3 nitrogen and oxygen atoms in total. The van der Waals surface area contributed by atoms with Crippen molar-refractivity contribution < 1.29 is 4.74 Å². The van der Waals surface area contributed by atoms with Gasteiger partial charge in [0.2, 0.25) is 5.88 Å². The predicted octanol–water partition coefficient (Wildman–Crippen LogP) is 3.85. The summed E-state index contributed by atoms with van der Waals surface area (Å²) in [7, 11) is 0. The van der Waals surface area contributed by atoms with Gasteiger partial charge in [-0.15, -0.1) is 0 Å². The summed E-state index contributed by atoms with van der Waals surface area (Å²) in [5.41, 5.74) is 9.13. The largest absolute Gasteiger partial charge is 0.439 e. The molecule has 0 aliphatic carbocycles. The number of hydrogen-bond donors (Lipinski definition) is 1. The third kappa shape index (κ3) is 3.81. The van der Waals surface area contributed by atoms with Crippen LogP contribution in [0.3, 0.4) is 0 Å². The number of aromatic nitrogens is 1. The molecule has 20 heavy (non-hydrogen) atoms. The van der Waals surface area contributed by atoms with E-state index in [4.69, 9.17) is 10.5 Å². The smallest absolute Gasteiger partial charge is 0.219 e. The van der Waals surface area contributed by atoms with Gasteiger partial charge in [0.05, 0.1) is 0 Å². The lowest BCUT2D eigenvalue weighted by molar-refractivity contribution is 0.459. The highest BCUT2D eigenvalue weighted by molar-refractivity contribution is 5.32. The second-order valence-corrected chi connectivity index (χ2v) is 4.86. The third-order valence-electron chi connectivity index (χ3n) is 3.21. The Balaban J connectivity index is 2.20. The Labute approximate surface area is 120 Å². The fourth-order valence-corrected chi connectivity index (χ4v) is 2.09. The maximum Gasteiger partial charge on any atom is 0.219 e. The zero-order chi connectivity index (χ0) is 14.4. The first kappa shape index (κ1) is 14.5. The van der Waals surface area contributed by atoms with E-state index < -0.39 is 0 Å². The van der Waals surface area contributed by atoms with Gasteiger partial charge in [0.15, 0.2) is 0 Å². The Hall–Kier alpha value is -1.87. The SMILES string of the molecule is CCCc1cc(CN)cc(Oc2ccc(CC)cc2)n1. The molecule has 2 aromatic rings. The van der Waals surface area contributed by atoms with Gasteiger partial charge in [0.25, 0.3) is 0 Å². The predicted molar refractivity (Wildman–Crippen MR) is 82.0 cm³/mol. The molecule has 2 rings (SSSR count). The van der Waals surface area contributed by atoms with Crippen LogP contribution in [0.5, 0.6) is 11.6 Å². The summed E-state index contributed by atoms with van der Waals surface area (Å²) in [6, 6.07) is 12.1. The van der Waals surface area contributed by atoms with Crippen molar-refractivity contribution >= 4 is 0 Å². The van der Waals surface area contributed by atoms with Crippen molar-refractivity contribution in [3.63, 3.8) is 0 Å². The van der Waals surface area contributed by atoms with Crippen molar-refractivity contribution in [1.29, 1.82) is 0 Å². The monoisotopic (exact) mass is 270 g/mol. The van der Waals surface area contributed by atoms with E-state index in [0.29, 0.717) is 12.4 Å². The standard InChI is InChI=1S/C17H22N2O/c1-3-5-15-10-14(12-18)11-17(19-15)20-16-8-6-13(4-2)7-9-16/h6-11H,3-5,12,18H2,1-2H3. The van der Waals surface area contributed by atoms with Gasteiger partial charge in [-0.05, 0) is 42.2 Å². The number of aryl methyl sites for hydroxylation is 2. The van der Waals surface area contributed by atoms with Crippen LogP contribution in [-0.2, 0) is 19.4 Å². The van der Waals surface area contributed by atoms with Gasteiger partial charge >= 0.3 is 0 Å². The number of nitrogens with zero attached hydrogens (tertiary/aromatic N) is 1. The van der Waals surface area contributed by atoms with Gasteiger partial charge < -0.3 is 10.5 Å². The molecule has 1 aromatic heterocycles. The molecule has 0 saturated heterocycles. The molecular weight excluding hydrogens is 248 g/mol. The lowest BCUT2D eigenvalue weighted by Gasteiger charge is -2.09. The van der Waals surface area contributed by atoms with Crippen LogP contribution >= 0.6 is 0 Å². The molecule has 0 aliphatic rings. The summed E-state index contributed by atoms with van der Waals surface area (Å²) in [6.07, 6.45) is 3.03. The fraction of sp³-hybridized carbons (Fsp3) is 0.353. The minimum Gasteiger partial charge on any atom is -0.439 e. The Kier molecular flexibility index (Phi) is 5.13. The van der Waals surface area contributed by atoms with Crippen LogP contribution in [-0.4, -0.2) is 4.98 Å². The molecule has 1 aromatic carbocycles. The van der Waals surface area contributed by atoms with Gasteiger partial charge in [0, 0.05) is 18.3 Å². The van der Waals surface area contributed by atoms with Crippen LogP contribution in [0, 0.1) is 0 Å². The third-order valence-corrected chi connectivity index (χ3v) is 3.21. The second-order valence-electron chi connectivity index (χ2n) is 4.86. The van der Waals surface area contributed by atoms with E-state index in [1.54, 1.807) is 0 Å². The minimum atomic E-state index is 0.504. The van der Waals surface area contributed by atoms with Crippen LogP contribution in [0.25, 0.3) is 0 Å². The lowest BCUT2D eigenvalue weighted by Crippen LogP contribution is -2.01. The summed E-state index contributed by atoms with van der Waals surface area (Å²) in [6.45, 7) is 4.78. The zero-order valence-electron chi connectivity index (χ0n) is 12.2. The molecule has 0 bridgehead atoms. The zero-order valence-corrected chi connectivity index (χ0v) is 12.2. The molecule has 0 amide bonds. The molecule has 0 atom stereocenters. The van der Waals surface area contributed by atoms with Crippen molar-refractivity contribution in [3.05, 3.63) is 53.2 Å². The average Bonchev–Trinajstić information content (AvgIpc) is 2.48. The van der Waals surface area contributed by atoms with Crippen LogP contribution in [0.15, 0.2) is 36.4 Å². The van der Waals surface area contributed by atoms with Gasteiger partial charge in [-0.25, -0.2) is 4.98 Å². The van der Waals surface area contributed by atoms with Gasteiger partial charge in [-0.1, -0.05) is 32.4 Å². The molecule has 0 saturated carbocycles. The highest BCUT2D eigenvalue weighted by Gasteiger charge is 2.04. The van der Waals surface area contributed by atoms with Crippen LogP contribution in [0.4, 0.5) is 0 Å². The summed E-state index contributed by atoms with van der Waals surface area (Å²) >= 11 is 0. The number of pyridine rings is 1. The summed E-state index contributed by atoms with van der Waals surface area (Å²) < 4.78 is 5.84. The van der Waals surface area contributed by atoms with E-state index in [-0.39, 0.29) is 0 Å². The first-order valence-corrected chi connectivity index (χ1v) is 7.21. The van der Waals surface area contributed by atoms with E-state index in [1.165, 1.54) is 5.56 Å². The molecule has 0 aliphatic heterocycles. The minimum absolute atomic E-state index is 0.504. The Morgan fingerprint density at radius 2 is 1.80 bits per heavy atom. The average molecular weight is 270 g/mol. The van der Waals surface area contributed by atoms with E-state index in [9.17, 15) is 0 Å². The molecule has 106 valence electrons. The van der Waals surface area contributed by atoms with Crippen LogP contribution in [0.1, 0.15) is 37.1 Å². The second kappa shape index (κ2) is 7.06. The Bertz CT molecular complexity index is 549. The van der Waals surface area contributed by atoms with E-state index in [2.05, 4.69) is 37.0 Å². The van der Waals surface area contributed by atoms with Crippen molar-refractivity contribution in [3.8, 4) is 11.6 Å². The number of benzene rings is 1. The molecule has 1 heterocycles. The van der Waals surface area contributed by atoms with Gasteiger partial charge in [0.1, 0.15) is 5.75 Å². The number of ether oxygens (including phenoxy) is 1. The van der Waals surface area contributed by atoms with Crippen molar-refractivity contribution in [2.75, 3.05) is 0 Å². The topological polar surface area (TPSA) is 48.1 Å². The summed E-state index contributed by atoms with van der Waals surface area (Å²) in [5, 5.41) is 0. The highest BCUT2D eigenvalue weighted by Crippen LogP contribution is 2.22. The normalized spacial score (nSPS) is 10.6. The first-order valence-electron chi connectivity index (χ1n) is 7.21.